The number of fused-ring (bicyclic) bond motifs is 1. The SMILES string of the molecule is COc1ccc(F)cc1N(CC(C)C)C(Cc1ccnc2ccccc12)(CC(C)C)C(F)(F)F. The smallest absolute Gasteiger partial charge is 0.411 e. The standard InChI is InChI=1S/C27H32F4N2O/c1-18(2)15-26(27(29,30)31,16-20-12-13-32-23-9-7-6-8-22(20)23)33(17-19(3)4)24-14-21(28)10-11-25(24)34-5/h6-14,18-19H,15-17H2,1-5H3. The van der Waals surface area contributed by atoms with Gasteiger partial charge in [0.2, 0.25) is 0 Å². The Morgan fingerprint density at radius 2 is 1.68 bits per heavy atom. The molecule has 3 aromatic rings. The third-order valence-corrected chi connectivity index (χ3v) is 5.99. The Hall–Kier alpha value is -2.83. The van der Waals surface area contributed by atoms with E-state index < -0.39 is 17.5 Å². The van der Waals surface area contributed by atoms with Gasteiger partial charge in [-0.2, -0.15) is 13.2 Å². The summed E-state index contributed by atoms with van der Waals surface area (Å²) in [5.74, 6) is -0.793. The fourth-order valence-corrected chi connectivity index (χ4v) is 4.69. The Morgan fingerprint density at radius 3 is 2.29 bits per heavy atom. The predicted molar refractivity (Wildman–Crippen MR) is 129 cm³/mol. The van der Waals surface area contributed by atoms with Crippen LogP contribution in [0.2, 0.25) is 0 Å². The van der Waals surface area contributed by atoms with Crippen molar-refractivity contribution in [3.05, 3.63) is 66.1 Å². The number of para-hydroxylation sites is 1. The zero-order valence-electron chi connectivity index (χ0n) is 20.3. The first-order valence-corrected chi connectivity index (χ1v) is 11.5. The van der Waals surface area contributed by atoms with Crippen LogP contribution in [0.4, 0.5) is 23.2 Å². The van der Waals surface area contributed by atoms with Crippen LogP contribution < -0.4 is 9.64 Å². The topological polar surface area (TPSA) is 25.4 Å². The third-order valence-electron chi connectivity index (χ3n) is 5.99. The molecular formula is C27H32F4N2O. The van der Waals surface area contributed by atoms with Gasteiger partial charge < -0.3 is 9.64 Å². The lowest BCUT2D eigenvalue weighted by molar-refractivity contribution is -0.192. The van der Waals surface area contributed by atoms with E-state index in [2.05, 4.69) is 4.98 Å². The van der Waals surface area contributed by atoms with Gasteiger partial charge in [-0.15, -0.1) is 0 Å². The summed E-state index contributed by atoms with van der Waals surface area (Å²) in [6.07, 6.45) is -3.54. The molecule has 7 heteroatoms. The van der Waals surface area contributed by atoms with Gasteiger partial charge in [0.1, 0.15) is 17.1 Å². The number of halogens is 4. The fraction of sp³-hybridized carbons (Fsp3) is 0.444. The predicted octanol–water partition coefficient (Wildman–Crippen LogP) is 7.43. The summed E-state index contributed by atoms with van der Waals surface area (Å²) >= 11 is 0. The van der Waals surface area contributed by atoms with Crippen LogP contribution in [0, 0.1) is 17.7 Å². The fourth-order valence-electron chi connectivity index (χ4n) is 4.69. The highest BCUT2D eigenvalue weighted by Crippen LogP contribution is 2.48. The van der Waals surface area contributed by atoms with Crippen LogP contribution in [0.3, 0.4) is 0 Å². The number of hydrogen-bond donors (Lipinski definition) is 0. The Balaban J connectivity index is 2.32. The molecule has 0 spiro atoms. The Labute approximate surface area is 198 Å². The monoisotopic (exact) mass is 476 g/mol. The molecule has 0 aliphatic heterocycles. The van der Waals surface area contributed by atoms with Crippen molar-refractivity contribution in [3.63, 3.8) is 0 Å². The molecule has 0 saturated carbocycles. The first-order chi connectivity index (χ1) is 16.0. The number of benzene rings is 2. The Kier molecular flexibility index (Phi) is 7.74. The molecule has 1 unspecified atom stereocenters. The van der Waals surface area contributed by atoms with Gasteiger partial charge in [0, 0.05) is 30.6 Å². The molecule has 0 amide bonds. The largest absolute Gasteiger partial charge is 0.495 e. The second-order valence-corrected chi connectivity index (χ2v) is 9.61. The number of nitrogens with zero attached hydrogens (tertiary/aromatic N) is 2. The molecule has 3 nitrogen and oxygen atoms in total. The molecule has 34 heavy (non-hydrogen) atoms. The van der Waals surface area contributed by atoms with Gasteiger partial charge >= 0.3 is 6.18 Å². The lowest BCUT2D eigenvalue weighted by Crippen LogP contribution is -2.62. The van der Waals surface area contributed by atoms with E-state index in [0.717, 1.165) is 6.07 Å². The number of anilines is 1. The van der Waals surface area contributed by atoms with Crippen LogP contribution in [0.5, 0.6) is 5.75 Å². The van der Waals surface area contributed by atoms with Crippen molar-refractivity contribution in [1.29, 1.82) is 0 Å². The summed E-state index contributed by atoms with van der Waals surface area (Å²) in [5.41, 5.74) is -1.00. The van der Waals surface area contributed by atoms with Crippen molar-refractivity contribution >= 4 is 16.6 Å². The second-order valence-electron chi connectivity index (χ2n) is 9.61. The molecule has 0 radical (unpaired) electrons. The Morgan fingerprint density at radius 1 is 0.971 bits per heavy atom. The summed E-state index contributed by atoms with van der Waals surface area (Å²) in [6, 6.07) is 12.6. The first-order valence-electron chi connectivity index (χ1n) is 11.5. The van der Waals surface area contributed by atoms with Crippen molar-refractivity contribution in [1.82, 2.24) is 4.98 Å². The minimum absolute atomic E-state index is 0.0784. The lowest BCUT2D eigenvalue weighted by atomic mass is 9.79. The van der Waals surface area contributed by atoms with Crippen LogP contribution in [0.25, 0.3) is 10.9 Å². The molecule has 1 atom stereocenters. The van der Waals surface area contributed by atoms with Crippen molar-refractivity contribution in [2.45, 2.75) is 52.3 Å². The van der Waals surface area contributed by atoms with E-state index in [0.29, 0.717) is 16.5 Å². The van der Waals surface area contributed by atoms with Gasteiger partial charge in [0.05, 0.1) is 18.3 Å². The van der Waals surface area contributed by atoms with Crippen LogP contribution in [0.1, 0.15) is 39.7 Å². The summed E-state index contributed by atoms with van der Waals surface area (Å²) in [6.45, 7) is 7.35. The zero-order chi connectivity index (χ0) is 25.1. The van der Waals surface area contributed by atoms with Crippen LogP contribution in [0.15, 0.2) is 54.7 Å². The van der Waals surface area contributed by atoms with Gasteiger partial charge in [0.15, 0.2) is 0 Å². The highest BCUT2D eigenvalue weighted by molar-refractivity contribution is 5.82. The number of hydrogen-bond acceptors (Lipinski definition) is 3. The molecule has 0 fully saturated rings. The highest BCUT2D eigenvalue weighted by atomic mass is 19.4. The maximum Gasteiger partial charge on any atom is 0.411 e. The molecule has 0 saturated heterocycles. The van der Waals surface area contributed by atoms with Gasteiger partial charge in [-0.25, -0.2) is 4.39 Å². The van der Waals surface area contributed by atoms with E-state index in [4.69, 9.17) is 4.74 Å². The highest BCUT2D eigenvalue weighted by Gasteiger charge is 2.59. The molecular weight excluding hydrogens is 444 g/mol. The van der Waals surface area contributed by atoms with Crippen molar-refractivity contribution in [2.75, 3.05) is 18.6 Å². The van der Waals surface area contributed by atoms with E-state index in [1.54, 1.807) is 44.3 Å². The lowest BCUT2D eigenvalue weighted by Gasteiger charge is -2.48. The minimum Gasteiger partial charge on any atom is -0.495 e. The third kappa shape index (κ3) is 5.29. The molecule has 0 aliphatic carbocycles. The second kappa shape index (κ2) is 10.2. The Bertz CT molecular complexity index is 1110. The zero-order valence-corrected chi connectivity index (χ0v) is 20.3. The molecule has 0 N–H and O–H groups in total. The number of pyridine rings is 1. The summed E-state index contributed by atoms with van der Waals surface area (Å²) in [4.78, 5) is 5.65. The quantitative estimate of drug-likeness (QED) is 0.300. The van der Waals surface area contributed by atoms with E-state index in [1.165, 1.54) is 24.1 Å². The molecule has 3 rings (SSSR count). The molecule has 184 valence electrons. The van der Waals surface area contributed by atoms with Crippen molar-refractivity contribution in [3.8, 4) is 5.75 Å². The number of ether oxygens (including phenoxy) is 1. The molecule has 1 heterocycles. The van der Waals surface area contributed by atoms with Crippen molar-refractivity contribution < 1.29 is 22.3 Å². The van der Waals surface area contributed by atoms with Crippen LogP contribution in [-0.4, -0.2) is 30.4 Å². The summed E-state index contributed by atoms with van der Waals surface area (Å²) in [7, 11) is 1.39. The van der Waals surface area contributed by atoms with Gasteiger partial charge in [-0.1, -0.05) is 45.9 Å². The minimum atomic E-state index is -4.62. The van der Waals surface area contributed by atoms with E-state index >= 15 is 13.2 Å². The van der Waals surface area contributed by atoms with Gasteiger partial charge in [-0.05, 0) is 48.1 Å². The van der Waals surface area contributed by atoms with Gasteiger partial charge in [0.25, 0.3) is 0 Å². The molecule has 0 aliphatic rings. The van der Waals surface area contributed by atoms with E-state index in [1.807, 2.05) is 19.9 Å². The molecule has 0 bridgehead atoms. The maximum atomic E-state index is 15.4. The van der Waals surface area contributed by atoms with Crippen molar-refractivity contribution in [2.24, 2.45) is 11.8 Å². The van der Waals surface area contributed by atoms with E-state index in [-0.39, 0.29) is 42.7 Å². The maximum absolute atomic E-state index is 15.4. The van der Waals surface area contributed by atoms with Gasteiger partial charge in [-0.3, -0.25) is 4.98 Å². The van der Waals surface area contributed by atoms with Crippen LogP contribution >= 0.6 is 0 Å². The first kappa shape index (κ1) is 25.8. The van der Waals surface area contributed by atoms with Crippen LogP contribution in [-0.2, 0) is 6.42 Å². The number of alkyl halides is 3. The average molecular weight is 477 g/mol. The number of rotatable bonds is 9. The van der Waals surface area contributed by atoms with E-state index in [9.17, 15) is 4.39 Å². The normalized spacial score (nSPS) is 14.0. The average Bonchev–Trinajstić information content (AvgIpc) is 2.76. The number of methoxy groups -OCH3 is 1. The molecule has 1 aromatic heterocycles. The summed E-state index contributed by atoms with van der Waals surface area (Å²) in [5, 5.41) is 0.679. The number of aromatic nitrogens is 1. The summed E-state index contributed by atoms with van der Waals surface area (Å²) < 4.78 is 65.9. The molecule has 2 aromatic carbocycles.